The van der Waals surface area contributed by atoms with Crippen LogP contribution in [0.25, 0.3) is 0 Å². The fourth-order valence-electron chi connectivity index (χ4n) is 2.01. The molecule has 0 aliphatic heterocycles. The predicted molar refractivity (Wildman–Crippen MR) is 95.3 cm³/mol. The third-order valence-electron chi connectivity index (χ3n) is 3.05. The first kappa shape index (κ1) is 17.8. The van der Waals surface area contributed by atoms with Crippen LogP contribution in [-0.2, 0) is 0 Å². The van der Waals surface area contributed by atoms with Gasteiger partial charge in [0.15, 0.2) is 0 Å². The first-order valence-corrected chi connectivity index (χ1v) is 8.00. The zero-order valence-corrected chi connectivity index (χ0v) is 14.3. The lowest BCUT2D eigenvalue weighted by Crippen LogP contribution is -2.17. The van der Waals surface area contributed by atoms with Crippen molar-refractivity contribution in [3.63, 3.8) is 0 Å². The second-order valence-electron chi connectivity index (χ2n) is 4.78. The van der Waals surface area contributed by atoms with Crippen molar-refractivity contribution in [1.29, 1.82) is 0 Å². The summed E-state index contributed by atoms with van der Waals surface area (Å²) in [7, 11) is 0. The highest BCUT2D eigenvalue weighted by Gasteiger charge is 2.06. The number of hydrogen-bond donors (Lipinski definition) is 1. The van der Waals surface area contributed by atoms with Gasteiger partial charge in [0.2, 0.25) is 0 Å². The summed E-state index contributed by atoms with van der Waals surface area (Å²) in [5, 5.41) is 4.47. The molecule has 0 atom stereocenters. The molecule has 0 aromatic heterocycles. The Bertz CT molecular complexity index is 732. The third-order valence-corrected chi connectivity index (χ3v) is 3.29. The predicted octanol–water partition coefficient (Wildman–Crippen LogP) is 3.90. The van der Waals surface area contributed by atoms with Gasteiger partial charge in [-0.15, -0.1) is 0 Å². The first-order valence-electron chi connectivity index (χ1n) is 7.62. The van der Waals surface area contributed by atoms with E-state index < -0.39 is 0 Å². The maximum atomic E-state index is 12.0. The van der Waals surface area contributed by atoms with Crippen LogP contribution in [-0.4, -0.2) is 25.3 Å². The van der Waals surface area contributed by atoms with Crippen molar-refractivity contribution in [3.05, 3.63) is 58.6 Å². The smallest absolute Gasteiger partial charge is 0.271 e. The van der Waals surface area contributed by atoms with Crippen molar-refractivity contribution < 1.29 is 14.3 Å². The van der Waals surface area contributed by atoms with E-state index >= 15 is 0 Å². The molecule has 0 saturated carbocycles. The van der Waals surface area contributed by atoms with E-state index in [0.717, 1.165) is 11.3 Å². The van der Waals surface area contributed by atoms with E-state index in [9.17, 15) is 4.79 Å². The molecule has 0 radical (unpaired) electrons. The first-order chi connectivity index (χ1) is 11.6. The average molecular weight is 347 g/mol. The van der Waals surface area contributed by atoms with Gasteiger partial charge < -0.3 is 9.47 Å². The summed E-state index contributed by atoms with van der Waals surface area (Å²) in [6.45, 7) is 4.91. The largest absolute Gasteiger partial charge is 0.494 e. The molecule has 0 bridgehead atoms. The van der Waals surface area contributed by atoms with E-state index in [4.69, 9.17) is 21.1 Å². The van der Waals surface area contributed by atoms with Gasteiger partial charge in [0, 0.05) is 22.2 Å². The van der Waals surface area contributed by atoms with E-state index in [0.29, 0.717) is 29.5 Å². The second kappa shape index (κ2) is 8.93. The summed E-state index contributed by atoms with van der Waals surface area (Å²) in [6.07, 6.45) is 1.53. The fourth-order valence-corrected chi connectivity index (χ4v) is 2.20. The molecule has 1 amide bonds. The van der Waals surface area contributed by atoms with E-state index in [1.165, 1.54) is 6.21 Å². The van der Waals surface area contributed by atoms with Crippen molar-refractivity contribution in [3.8, 4) is 11.5 Å². The normalized spacial score (nSPS) is 10.6. The highest BCUT2D eigenvalue weighted by Crippen LogP contribution is 2.24. The Kier molecular flexibility index (Phi) is 6.63. The zero-order chi connectivity index (χ0) is 17.4. The molecule has 0 saturated heterocycles. The van der Waals surface area contributed by atoms with Crippen molar-refractivity contribution in [2.75, 3.05) is 13.2 Å². The SMILES string of the molecule is CCOc1ccc(C=NNC(=O)c2cccc(Cl)c2)c(OCC)c1. The number of halogens is 1. The van der Waals surface area contributed by atoms with Crippen LogP contribution in [0.1, 0.15) is 29.8 Å². The van der Waals surface area contributed by atoms with Crippen LogP contribution >= 0.6 is 11.6 Å². The number of benzene rings is 2. The highest BCUT2D eigenvalue weighted by atomic mass is 35.5. The van der Waals surface area contributed by atoms with E-state index in [-0.39, 0.29) is 5.91 Å². The standard InChI is InChI=1S/C18H19ClN2O3/c1-3-23-16-9-8-14(17(11-16)24-4-2)12-20-21-18(22)13-6-5-7-15(19)10-13/h5-12H,3-4H2,1-2H3,(H,21,22). The number of nitrogens with zero attached hydrogens (tertiary/aromatic N) is 1. The third kappa shape index (κ3) is 4.99. The molecule has 0 fully saturated rings. The lowest BCUT2D eigenvalue weighted by atomic mass is 10.2. The molecule has 2 aromatic carbocycles. The van der Waals surface area contributed by atoms with Gasteiger partial charge in [-0.05, 0) is 44.2 Å². The van der Waals surface area contributed by atoms with Crippen LogP contribution in [0.15, 0.2) is 47.6 Å². The minimum Gasteiger partial charge on any atom is -0.494 e. The van der Waals surface area contributed by atoms with Gasteiger partial charge in [-0.3, -0.25) is 4.79 Å². The lowest BCUT2D eigenvalue weighted by molar-refractivity contribution is 0.0955. The lowest BCUT2D eigenvalue weighted by Gasteiger charge is -2.10. The number of carbonyl (C=O) groups excluding carboxylic acids is 1. The quantitative estimate of drug-likeness (QED) is 0.611. The molecule has 0 spiro atoms. The Labute approximate surface area is 146 Å². The van der Waals surface area contributed by atoms with Crippen molar-refractivity contribution in [1.82, 2.24) is 5.43 Å². The molecule has 2 rings (SSSR count). The number of amides is 1. The van der Waals surface area contributed by atoms with Gasteiger partial charge in [0.25, 0.3) is 5.91 Å². The van der Waals surface area contributed by atoms with E-state index in [1.54, 1.807) is 30.3 Å². The Balaban J connectivity index is 2.09. The van der Waals surface area contributed by atoms with E-state index in [1.807, 2.05) is 26.0 Å². The Morgan fingerprint density at radius 1 is 1.17 bits per heavy atom. The van der Waals surface area contributed by atoms with Crippen LogP contribution in [0.2, 0.25) is 5.02 Å². The fraction of sp³-hybridized carbons (Fsp3) is 0.222. The molecular weight excluding hydrogens is 328 g/mol. The number of nitrogens with one attached hydrogen (secondary N) is 1. The molecule has 0 aliphatic carbocycles. The second-order valence-corrected chi connectivity index (χ2v) is 5.21. The summed E-state index contributed by atoms with van der Waals surface area (Å²) in [4.78, 5) is 12.0. The molecule has 1 N–H and O–H groups in total. The van der Waals surface area contributed by atoms with Crippen LogP contribution in [0.4, 0.5) is 0 Å². The minimum atomic E-state index is -0.336. The van der Waals surface area contributed by atoms with Crippen LogP contribution in [0, 0.1) is 0 Å². The number of carbonyl (C=O) groups is 1. The molecule has 6 heteroatoms. The Morgan fingerprint density at radius 3 is 2.67 bits per heavy atom. The number of hydrogen-bond acceptors (Lipinski definition) is 4. The number of ether oxygens (including phenoxy) is 2. The summed E-state index contributed by atoms with van der Waals surface area (Å²) < 4.78 is 11.0. The molecule has 0 aliphatic rings. The highest BCUT2D eigenvalue weighted by molar-refractivity contribution is 6.30. The minimum absolute atomic E-state index is 0.336. The molecule has 24 heavy (non-hydrogen) atoms. The van der Waals surface area contributed by atoms with Gasteiger partial charge in [0.1, 0.15) is 11.5 Å². The van der Waals surface area contributed by atoms with Crippen LogP contribution in [0.3, 0.4) is 0 Å². The molecule has 5 nitrogen and oxygen atoms in total. The van der Waals surface area contributed by atoms with Crippen LogP contribution in [0.5, 0.6) is 11.5 Å². The van der Waals surface area contributed by atoms with Gasteiger partial charge in [0.05, 0.1) is 19.4 Å². The molecule has 2 aromatic rings. The summed E-state index contributed by atoms with van der Waals surface area (Å²) >= 11 is 5.87. The molecule has 126 valence electrons. The topological polar surface area (TPSA) is 59.9 Å². The Morgan fingerprint density at radius 2 is 1.96 bits per heavy atom. The van der Waals surface area contributed by atoms with Gasteiger partial charge in [-0.2, -0.15) is 5.10 Å². The monoisotopic (exact) mass is 346 g/mol. The molecular formula is C18H19ClN2O3. The van der Waals surface area contributed by atoms with Crippen LogP contribution < -0.4 is 14.9 Å². The summed E-state index contributed by atoms with van der Waals surface area (Å²) in [6, 6.07) is 12.1. The van der Waals surface area contributed by atoms with Gasteiger partial charge >= 0.3 is 0 Å². The van der Waals surface area contributed by atoms with Crippen molar-refractivity contribution in [2.24, 2.45) is 5.10 Å². The zero-order valence-electron chi connectivity index (χ0n) is 13.6. The molecule has 0 heterocycles. The summed E-state index contributed by atoms with van der Waals surface area (Å²) in [5.74, 6) is 1.03. The summed E-state index contributed by atoms with van der Waals surface area (Å²) in [5.41, 5.74) is 3.65. The average Bonchev–Trinajstić information content (AvgIpc) is 2.57. The van der Waals surface area contributed by atoms with Crippen molar-refractivity contribution >= 4 is 23.7 Å². The molecule has 0 unspecified atom stereocenters. The van der Waals surface area contributed by atoms with E-state index in [2.05, 4.69) is 10.5 Å². The maximum Gasteiger partial charge on any atom is 0.271 e. The number of hydrazone groups is 1. The Hall–Kier alpha value is -2.53. The van der Waals surface area contributed by atoms with Crippen molar-refractivity contribution in [2.45, 2.75) is 13.8 Å². The number of rotatable bonds is 7. The van der Waals surface area contributed by atoms with Gasteiger partial charge in [-0.1, -0.05) is 17.7 Å². The maximum absolute atomic E-state index is 12.0. The van der Waals surface area contributed by atoms with Gasteiger partial charge in [-0.25, -0.2) is 5.43 Å².